The first-order chi connectivity index (χ1) is 25.6. The van der Waals surface area contributed by atoms with Gasteiger partial charge in [0.2, 0.25) is 0 Å². The van der Waals surface area contributed by atoms with Crippen LogP contribution >= 0.6 is 7.82 Å². The molecule has 0 aliphatic carbocycles. The molecule has 0 heterocycles. The summed E-state index contributed by atoms with van der Waals surface area (Å²) in [6.07, 6.45) is 34.0. The molecule has 4 atom stereocenters. The highest BCUT2D eigenvalue weighted by molar-refractivity contribution is 7.47. The van der Waals surface area contributed by atoms with Gasteiger partial charge < -0.3 is 20.1 Å². The van der Waals surface area contributed by atoms with E-state index in [4.69, 9.17) is 24.3 Å². The van der Waals surface area contributed by atoms with Gasteiger partial charge in [0.15, 0.2) is 6.10 Å². The van der Waals surface area contributed by atoms with E-state index in [1.165, 1.54) is 141 Å². The summed E-state index contributed by atoms with van der Waals surface area (Å²) in [4.78, 5) is 35.0. The van der Waals surface area contributed by atoms with Gasteiger partial charge in [0.1, 0.15) is 6.61 Å². The van der Waals surface area contributed by atoms with Crippen LogP contribution in [0.2, 0.25) is 0 Å². The molecule has 10 heteroatoms. The molecule has 0 aromatic heterocycles. The molecule has 316 valence electrons. The molecule has 3 N–H and O–H groups in total. The Morgan fingerprint density at radius 2 is 0.925 bits per heavy atom. The Labute approximate surface area is 327 Å². The maximum atomic E-state index is 12.6. The quantitative estimate of drug-likeness (QED) is 0.0353. The minimum Gasteiger partial charge on any atom is -0.462 e. The summed E-state index contributed by atoms with van der Waals surface area (Å²) in [5.74, 6) is 0.797. The summed E-state index contributed by atoms with van der Waals surface area (Å²) < 4.78 is 32.9. The van der Waals surface area contributed by atoms with E-state index < -0.39 is 26.5 Å². The molecule has 0 saturated heterocycles. The molecule has 0 saturated carbocycles. The zero-order chi connectivity index (χ0) is 39.3. The normalized spacial score (nSPS) is 14.5. The number of hydrogen-bond acceptors (Lipinski definition) is 8. The molecule has 0 rings (SSSR count). The van der Waals surface area contributed by atoms with E-state index in [-0.39, 0.29) is 38.6 Å². The topological polar surface area (TPSA) is 134 Å². The highest BCUT2D eigenvalue weighted by atomic mass is 31.2. The highest BCUT2D eigenvalue weighted by Gasteiger charge is 2.26. The fraction of sp³-hybridized carbons (Fsp3) is 0.953. The third kappa shape index (κ3) is 37.7. The fourth-order valence-electron chi connectivity index (χ4n) is 6.78. The maximum absolute atomic E-state index is 12.6. The molecule has 0 radical (unpaired) electrons. The number of phosphoric ester groups is 1. The first kappa shape index (κ1) is 52.0. The van der Waals surface area contributed by atoms with Gasteiger partial charge in [-0.2, -0.15) is 0 Å². The van der Waals surface area contributed by atoms with Crippen molar-refractivity contribution >= 4 is 19.8 Å². The standard InChI is InChI=1S/C43H86NO8P/c1-5-7-9-11-17-23-29-39(3)31-25-19-13-15-21-27-33-42(45)49-37-41(38-51-53(47,48)50-36-35-44)52-43(46)34-28-22-16-14-20-26-32-40(4)30-24-18-12-10-8-6-2/h39-41H,5-38,44H2,1-4H3,(H,47,48)/t39?,40?,41-/m1/s1. The minimum atomic E-state index is -4.37. The molecule has 0 fully saturated rings. The molecule has 9 nitrogen and oxygen atoms in total. The van der Waals surface area contributed by atoms with Gasteiger partial charge in [-0.05, 0) is 24.7 Å². The zero-order valence-corrected chi connectivity index (χ0v) is 36.0. The molecule has 0 amide bonds. The first-order valence-corrected chi connectivity index (χ1v) is 23.8. The van der Waals surface area contributed by atoms with E-state index in [1.54, 1.807) is 0 Å². The van der Waals surface area contributed by atoms with Gasteiger partial charge in [-0.1, -0.05) is 195 Å². The SMILES string of the molecule is CCCCCCCCC(C)CCCCCCCCC(=O)OC[C@H](COP(=O)(O)OCCN)OC(=O)CCCCCCCCC(C)CCCCCCCC. The van der Waals surface area contributed by atoms with Crippen LogP contribution in [0, 0.1) is 11.8 Å². The predicted molar refractivity (Wildman–Crippen MR) is 220 cm³/mol. The number of phosphoric acid groups is 1. The number of rotatable bonds is 41. The summed E-state index contributed by atoms with van der Waals surface area (Å²) in [5, 5.41) is 0. The second-order valence-corrected chi connectivity index (χ2v) is 17.3. The summed E-state index contributed by atoms with van der Waals surface area (Å²) >= 11 is 0. The average Bonchev–Trinajstić information content (AvgIpc) is 3.13. The lowest BCUT2D eigenvalue weighted by Gasteiger charge is -2.20. The third-order valence-electron chi connectivity index (χ3n) is 10.3. The van der Waals surface area contributed by atoms with Crippen LogP contribution in [0.5, 0.6) is 0 Å². The number of nitrogens with two attached hydrogens (primary N) is 1. The Bertz CT molecular complexity index is 875. The lowest BCUT2D eigenvalue weighted by molar-refractivity contribution is -0.161. The van der Waals surface area contributed by atoms with Crippen LogP contribution in [0.15, 0.2) is 0 Å². The Balaban J connectivity index is 4.22. The lowest BCUT2D eigenvalue weighted by Crippen LogP contribution is -2.29. The Morgan fingerprint density at radius 3 is 1.34 bits per heavy atom. The molecule has 0 bridgehead atoms. The second kappa shape index (κ2) is 37.9. The Hall–Kier alpha value is -0.990. The monoisotopic (exact) mass is 776 g/mol. The van der Waals surface area contributed by atoms with Crippen LogP contribution in [0.25, 0.3) is 0 Å². The molecule has 3 unspecified atom stereocenters. The number of esters is 2. The number of unbranched alkanes of at least 4 members (excludes halogenated alkanes) is 20. The van der Waals surface area contributed by atoms with E-state index >= 15 is 0 Å². The maximum Gasteiger partial charge on any atom is 0.472 e. The summed E-state index contributed by atoms with van der Waals surface area (Å²) in [6, 6.07) is 0. The van der Waals surface area contributed by atoms with Crippen molar-refractivity contribution in [2.45, 2.75) is 226 Å². The van der Waals surface area contributed by atoms with Crippen molar-refractivity contribution in [3.8, 4) is 0 Å². The van der Waals surface area contributed by atoms with Crippen LogP contribution in [-0.2, 0) is 32.7 Å². The largest absolute Gasteiger partial charge is 0.472 e. The summed E-state index contributed by atoms with van der Waals surface area (Å²) in [6.45, 7) is 8.53. The second-order valence-electron chi connectivity index (χ2n) is 15.8. The highest BCUT2D eigenvalue weighted by Crippen LogP contribution is 2.43. The molecule has 0 aliphatic heterocycles. The van der Waals surface area contributed by atoms with Gasteiger partial charge in [0, 0.05) is 19.4 Å². The van der Waals surface area contributed by atoms with Crippen molar-refractivity contribution in [3.63, 3.8) is 0 Å². The summed E-state index contributed by atoms with van der Waals surface area (Å²) in [5.41, 5.74) is 5.35. The van der Waals surface area contributed by atoms with Crippen LogP contribution in [0.4, 0.5) is 0 Å². The smallest absolute Gasteiger partial charge is 0.462 e. The van der Waals surface area contributed by atoms with Gasteiger partial charge in [-0.25, -0.2) is 4.57 Å². The fourth-order valence-corrected chi connectivity index (χ4v) is 7.54. The number of ether oxygens (including phenoxy) is 2. The van der Waals surface area contributed by atoms with Crippen LogP contribution in [0.3, 0.4) is 0 Å². The van der Waals surface area contributed by atoms with E-state index in [1.807, 2.05) is 0 Å². The zero-order valence-electron chi connectivity index (χ0n) is 35.1. The van der Waals surface area contributed by atoms with Crippen molar-refractivity contribution in [3.05, 3.63) is 0 Å². The molecule has 0 aromatic carbocycles. The van der Waals surface area contributed by atoms with Gasteiger partial charge in [0.05, 0.1) is 13.2 Å². The Morgan fingerprint density at radius 1 is 0.547 bits per heavy atom. The van der Waals surface area contributed by atoms with Gasteiger partial charge in [0.25, 0.3) is 0 Å². The van der Waals surface area contributed by atoms with Gasteiger partial charge in [-0.15, -0.1) is 0 Å². The van der Waals surface area contributed by atoms with Crippen LogP contribution < -0.4 is 5.73 Å². The van der Waals surface area contributed by atoms with E-state index in [0.29, 0.717) is 6.42 Å². The molecule has 0 spiro atoms. The van der Waals surface area contributed by atoms with Crippen molar-refractivity contribution in [1.29, 1.82) is 0 Å². The molecular formula is C43H86NO8P. The Kier molecular flexibility index (Phi) is 37.2. The van der Waals surface area contributed by atoms with Gasteiger partial charge >= 0.3 is 19.8 Å². The molecule has 0 aromatic rings. The van der Waals surface area contributed by atoms with E-state index in [2.05, 4.69) is 27.7 Å². The van der Waals surface area contributed by atoms with E-state index in [9.17, 15) is 19.0 Å². The van der Waals surface area contributed by atoms with E-state index in [0.717, 1.165) is 43.9 Å². The number of carbonyl (C=O) groups excluding carboxylic acids is 2. The lowest BCUT2D eigenvalue weighted by atomic mass is 9.96. The average molecular weight is 776 g/mol. The molecular weight excluding hydrogens is 689 g/mol. The predicted octanol–water partition coefficient (Wildman–Crippen LogP) is 12.5. The van der Waals surface area contributed by atoms with Crippen molar-refractivity contribution < 1.29 is 37.6 Å². The summed E-state index contributed by atoms with van der Waals surface area (Å²) in [7, 11) is -4.37. The number of hydrogen-bond donors (Lipinski definition) is 2. The van der Waals surface area contributed by atoms with Crippen LogP contribution in [0.1, 0.15) is 220 Å². The number of carbonyl (C=O) groups is 2. The minimum absolute atomic E-state index is 0.0564. The first-order valence-electron chi connectivity index (χ1n) is 22.3. The molecule has 53 heavy (non-hydrogen) atoms. The van der Waals surface area contributed by atoms with Gasteiger partial charge in [-0.3, -0.25) is 18.6 Å². The van der Waals surface area contributed by atoms with Crippen molar-refractivity contribution in [2.24, 2.45) is 17.6 Å². The third-order valence-corrected chi connectivity index (χ3v) is 11.3. The molecule has 0 aliphatic rings. The van der Waals surface area contributed by atoms with Crippen molar-refractivity contribution in [1.82, 2.24) is 0 Å². The van der Waals surface area contributed by atoms with Crippen molar-refractivity contribution in [2.75, 3.05) is 26.4 Å². The van der Waals surface area contributed by atoms with Crippen LogP contribution in [-0.4, -0.2) is 49.3 Å².